The zero-order valence-electron chi connectivity index (χ0n) is 29.2. The van der Waals surface area contributed by atoms with Gasteiger partial charge in [-0.1, -0.05) is 170 Å². The number of nitrogens with zero attached hydrogens (tertiary/aromatic N) is 2. The Balaban J connectivity index is 1.17. The molecule has 7 aromatic carbocycles. The number of rotatable bonds is 8. The molecule has 0 fully saturated rings. The van der Waals surface area contributed by atoms with Crippen molar-refractivity contribution in [2.24, 2.45) is 0 Å². The quantitative estimate of drug-likeness (QED) is 0.115. The fourth-order valence-electron chi connectivity index (χ4n) is 7.52. The second kappa shape index (κ2) is 14.0. The summed E-state index contributed by atoms with van der Waals surface area (Å²) in [6.45, 7) is 0. The predicted molar refractivity (Wildman–Crippen MR) is 227 cm³/mol. The molecule has 0 saturated heterocycles. The number of pyridine rings is 2. The molecule has 0 aliphatic carbocycles. The van der Waals surface area contributed by atoms with E-state index in [1.54, 1.807) is 0 Å². The van der Waals surface area contributed by atoms with Gasteiger partial charge in [0.25, 0.3) is 0 Å². The SMILES string of the molecule is O=P(c1ccccc1)(c1ccccc1)c1cccc(-c2ccnc3c2ccc2c(-c4cccc(P(=O)(c5ccccc5)c5ccccc5)c4)ccnc23)c1. The monoisotopic (exact) mass is 732 g/mol. The van der Waals surface area contributed by atoms with Crippen LogP contribution in [0.15, 0.2) is 207 Å². The molecule has 0 aliphatic rings. The molecule has 0 atom stereocenters. The van der Waals surface area contributed by atoms with Crippen LogP contribution in [0.3, 0.4) is 0 Å². The van der Waals surface area contributed by atoms with E-state index < -0.39 is 14.3 Å². The highest BCUT2D eigenvalue weighted by Crippen LogP contribution is 2.45. The molecule has 9 aromatic rings. The number of hydrogen-bond donors (Lipinski definition) is 0. The minimum atomic E-state index is -3.17. The van der Waals surface area contributed by atoms with Gasteiger partial charge in [-0.05, 0) is 46.5 Å². The molecule has 0 spiro atoms. The molecule has 0 unspecified atom stereocenters. The van der Waals surface area contributed by atoms with Gasteiger partial charge in [-0.3, -0.25) is 9.97 Å². The summed E-state index contributed by atoms with van der Waals surface area (Å²) in [6.07, 6.45) is 3.64. The molecule has 0 N–H and O–H groups in total. The summed E-state index contributed by atoms with van der Waals surface area (Å²) in [5, 5.41) is 6.62. The van der Waals surface area contributed by atoms with Crippen molar-refractivity contribution in [3.63, 3.8) is 0 Å². The summed E-state index contributed by atoms with van der Waals surface area (Å²) >= 11 is 0. The van der Waals surface area contributed by atoms with Crippen molar-refractivity contribution in [1.82, 2.24) is 9.97 Å². The second-order valence-corrected chi connectivity index (χ2v) is 18.8. The first-order chi connectivity index (χ1) is 26.5. The van der Waals surface area contributed by atoms with Gasteiger partial charge in [-0.25, -0.2) is 0 Å². The molecular formula is C48H34N2O2P2. The summed E-state index contributed by atoms with van der Waals surface area (Å²) in [7, 11) is -6.34. The lowest BCUT2D eigenvalue weighted by atomic mass is 9.96. The lowest BCUT2D eigenvalue weighted by molar-refractivity contribution is 0.591. The van der Waals surface area contributed by atoms with Crippen LogP contribution in [0.5, 0.6) is 0 Å². The van der Waals surface area contributed by atoms with Crippen molar-refractivity contribution >= 4 is 67.9 Å². The van der Waals surface area contributed by atoms with E-state index >= 15 is 9.13 Å². The van der Waals surface area contributed by atoms with Crippen LogP contribution in [-0.4, -0.2) is 9.97 Å². The number of aromatic nitrogens is 2. The largest absolute Gasteiger partial charge is 0.309 e. The highest BCUT2D eigenvalue weighted by atomic mass is 31.2. The topological polar surface area (TPSA) is 59.9 Å². The Bertz CT molecular complexity index is 2600. The Morgan fingerprint density at radius 3 is 0.963 bits per heavy atom. The van der Waals surface area contributed by atoms with E-state index in [2.05, 4.69) is 36.4 Å². The van der Waals surface area contributed by atoms with Crippen LogP contribution in [0.25, 0.3) is 44.1 Å². The standard InChI is InChI=1S/C48H34N2O2P2/c51-53(37-17-5-1-6-18-37,38-19-7-2-8-20-38)41-25-13-15-35(33-41)43-29-31-49-47-45(43)27-28-46-44(30-32-50-48(46)47)36-16-14-26-42(34-36)54(52,39-21-9-3-10-22-39)40-23-11-4-12-24-40/h1-34H. The Morgan fingerprint density at radius 1 is 0.315 bits per heavy atom. The summed E-state index contributed by atoms with van der Waals surface area (Å²) in [4.78, 5) is 9.74. The smallest absolute Gasteiger partial charge is 0.171 e. The Morgan fingerprint density at radius 2 is 0.630 bits per heavy atom. The number of benzene rings is 7. The van der Waals surface area contributed by atoms with Crippen LogP contribution in [0.2, 0.25) is 0 Å². The fraction of sp³-hybridized carbons (Fsp3) is 0. The van der Waals surface area contributed by atoms with E-state index in [4.69, 9.17) is 9.97 Å². The molecule has 0 amide bonds. The summed E-state index contributed by atoms with van der Waals surface area (Å²) in [5.74, 6) is 0. The minimum Gasteiger partial charge on any atom is -0.309 e. The first-order valence-electron chi connectivity index (χ1n) is 17.9. The number of fused-ring (bicyclic) bond motifs is 3. The van der Waals surface area contributed by atoms with Gasteiger partial charge < -0.3 is 9.13 Å². The maximum absolute atomic E-state index is 15.2. The van der Waals surface area contributed by atoms with Crippen molar-refractivity contribution in [2.45, 2.75) is 0 Å². The molecule has 2 heterocycles. The third-order valence-corrected chi connectivity index (χ3v) is 16.3. The first-order valence-corrected chi connectivity index (χ1v) is 21.3. The summed E-state index contributed by atoms with van der Waals surface area (Å²) in [6, 6.07) is 63.4. The van der Waals surface area contributed by atoms with Gasteiger partial charge in [0.1, 0.15) is 0 Å². The molecule has 0 aliphatic heterocycles. The van der Waals surface area contributed by atoms with Gasteiger partial charge >= 0.3 is 0 Å². The average Bonchev–Trinajstić information content (AvgIpc) is 3.26. The van der Waals surface area contributed by atoms with E-state index in [0.717, 1.165) is 75.9 Å². The second-order valence-electron chi connectivity index (χ2n) is 13.2. The van der Waals surface area contributed by atoms with Crippen molar-refractivity contribution < 1.29 is 9.13 Å². The molecular weight excluding hydrogens is 698 g/mol. The highest BCUT2D eigenvalue weighted by molar-refractivity contribution is 7.85. The number of hydrogen-bond acceptors (Lipinski definition) is 4. The molecule has 0 radical (unpaired) electrons. The van der Waals surface area contributed by atoms with E-state index in [1.807, 2.05) is 170 Å². The predicted octanol–water partition coefficient (Wildman–Crippen LogP) is 9.40. The Labute approximate surface area is 314 Å². The zero-order chi connectivity index (χ0) is 36.5. The zero-order valence-corrected chi connectivity index (χ0v) is 31.0. The summed E-state index contributed by atoms with van der Waals surface area (Å²) in [5.41, 5.74) is 5.43. The van der Waals surface area contributed by atoms with Gasteiger partial charge in [0.15, 0.2) is 14.3 Å². The fourth-order valence-corrected chi connectivity index (χ4v) is 12.9. The Kier molecular flexibility index (Phi) is 8.72. The molecule has 6 heteroatoms. The van der Waals surface area contributed by atoms with Crippen molar-refractivity contribution in [1.29, 1.82) is 0 Å². The molecule has 4 nitrogen and oxygen atoms in total. The highest BCUT2D eigenvalue weighted by Gasteiger charge is 2.31. The van der Waals surface area contributed by atoms with Crippen LogP contribution in [0.4, 0.5) is 0 Å². The van der Waals surface area contributed by atoms with Crippen molar-refractivity contribution in [2.75, 3.05) is 0 Å². The van der Waals surface area contributed by atoms with Gasteiger partial charge in [0.2, 0.25) is 0 Å². The van der Waals surface area contributed by atoms with Crippen LogP contribution in [0.1, 0.15) is 0 Å². The first kappa shape index (κ1) is 33.6. The molecule has 0 bridgehead atoms. The maximum Gasteiger partial charge on any atom is 0.171 e. The van der Waals surface area contributed by atoms with Crippen LogP contribution in [0, 0.1) is 0 Å². The molecule has 9 rings (SSSR count). The third-order valence-electron chi connectivity index (χ3n) is 10.1. The lowest BCUT2D eigenvalue weighted by Crippen LogP contribution is -2.25. The van der Waals surface area contributed by atoms with Crippen LogP contribution < -0.4 is 31.8 Å². The van der Waals surface area contributed by atoms with Gasteiger partial charge in [-0.15, -0.1) is 0 Å². The normalized spacial score (nSPS) is 11.9. The van der Waals surface area contributed by atoms with Gasteiger partial charge in [0.05, 0.1) is 11.0 Å². The van der Waals surface area contributed by atoms with E-state index in [0.29, 0.717) is 0 Å². The van der Waals surface area contributed by atoms with Crippen LogP contribution >= 0.6 is 14.3 Å². The van der Waals surface area contributed by atoms with E-state index in [1.165, 1.54) is 0 Å². The minimum absolute atomic E-state index is 0.770. The molecule has 258 valence electrons. The maximum atomic E-state index is 15.2. The van der Waals surface area contributed by atoms with E-state index in [9.17, 15) is 0 Å². The van der Waals surface area contributed by atoms with Crippen molar-refractivity contribution in [3.8, 4) is 22.3 Å². The molecule has 0 saturated carbocycles. The molecule has 2 aromatic heterocycles. The summed E-state index contributed by atoms with van der Waals surface area (Å²) < 4.78 is 30.4. The molecule has 54 heavy (non-hydrogen) atoms. The lowest BCUT2D eigenvalue weighted by Gasteiger charge is -2.21. The van der Waals surface area contributed by atoms with E-state index in [-0.39, 0.29) is 0 Å². The van der Waals surface area contributed by atoms with Gasteiger partial charge in [0, 0.05) is 55.0 Å². The van der Waals surface area contributed by atoms with Gasteiger partial charge in [-0.2, -0.15) is 0 Å². The Hall–Kier alpha value is -6.18. The van der Waals surface area contributed by atoms with Crippen molar-refractivity contribution in [3.05, 3.63) is 207 Å². The average molecular weight is 733 g/mol. The third kappa shape index (κ3) is 5.72. The van der Waals surface area contributed by atoms with Crippen LogP contribution in [-0.2, 0) is 9.13 Å².